The zero-order valence-corrected chi connectivity index (χ0v) is 14.7. The molecule has 1 N–H and O–H groups in total. The van der Waals surface area contributed by atoms with Crippen LogP contribution in [-0.2, 0) is 17.7 Å². The molecule has 1 aliphatic heterocycles. The molecule has 0 spiro atoms. The van der Waals surface area contributed by atoms with E-state index in [2.05, 4.69) is 50.5 Å². The number of fused-ring (bicyclic) bond motifs is 1. The second kappa shape index (κ2) is 5.91. The molecule has 0 bridgehead atoms. The van der Waals surface area contributed by atoms with E-state index in [4.69, 9.17) is 9.72 Å². The summed E-state index contributed by atoms with van der Waals surface area (Å²) in [6.07, 6.45) is 2.27. The van der Waals surface area contributed by atoms with Crippen LogP contribution >= 0.6 is 0 Å². The van der Waals surface area contributed by atoms with Crippen LogP contribution in [0.3, 0.4) is 0 Å². The standard InChI is InChI=1S/C19H28N2O2/c1-14-5-6-16-15(11-14)20-17(12-18(2,3)4)21(16)13-19(22)7-9-23-10-8-19/h5-6,11,22H,7-10,12-13H2,1-4H3. The van der Waals surface area contributed by atoms with Crippen molar-refractivity contribution in [2.24, 2.45) is 5.41 Å². The minimum absolute atomic E-state index is 0.159. The molecule has 2 aromatic rings. The first kappa shape index (κ1) is 16.5. The van der Waals surface area contributed by atoms with Crippen molar-refractivity contribution in [2.75, 3.05) is 13.2 Å². The van der Waals surface area contributed by atoms with Crippen molar-refractivity contribution < 1.29 is 9.84 Å². The van der Waals surface area contributed by atoms with Gasteiger partial charge in [0.1, 0.15) is 5.82 Å². The number of rotatable bonds is 3. The molecule has 1 aromatic heterocycles. The smallest absolute Gasteiger partial charge is 0.110 e. The zero-order chi connectivity index (χ0) is 16.7. The molecule has 0 aliphatic carbocycles. The predicted octanol–water partition coefficient (Wildman–Crippen LogP) is 3.47. The molecule has 1 fully saturated rings. The normalized spacial score (nSPS) is 18.5. The summed E-state index contributed by atoms with van der Waals surface area (Å²) < 4.78 is 7.64. The number of hydrogen-bond acceptors (Lipinski definition) is 3. The monoisotopic (exact) mass is 316 g/mol. The van der Waals surface area contributed by atoms with E-state index in [1.807, 2.05) is 0 Å². The van der Waals surface area contributed by atoms with Crippen molar-refractivity contribution in [2.45, 2.75) is 59.1 Å². The van der Waals surface area contributed by atoms with Crippen molar-refractivity contribution in [3.05, 3.63) is 29.6 Å². The van der Waals surface area contributed by atoms with Crippen molar-refractivity contribution >= 4 is 11.0 Å². The van der Waals surface area contributed by atoms with Gasteiger partial charge in [-0.1, -0.05) is 26.8 Å². The van der Waals surface area contributed by atoms with Crippen molar-refractivity contribution in [1.82, 2.24) is 9.55 Å². The van der Waals surface area contributed by atoms with Crippen LogP contribution in [0.4, 0.5) is 0 Å². The Morgan fingerprint density at radius 1 is 1.26 bits per heavy atom. The minimum atomic E-state index is -0.691. The Balaban J connectivity index is 2.03. The number of ether oxygens (including phenoxy) is 1. The molecule has 0 unspecified atom stereocenters. The summed E-state index contributed by atoms with van der Waals surface area (Å²) in [7, 11) is 0. The molecule has 2 heterocycles. The third-order valence-electron chi connectivity index (χ3n) is 4.55. The second-order valence-electron chi connectivity index (χ2n) is 8.18. The van der Waals surface area contributed by atoms with Gasteiger partial charge in [0, 0.05) is 32.5 Å². The molecule has 1 saturated heterocycles. The summed E-state index contributed by atoms with van der Waals surface area (Å²) in [5.41, 5.74) is 2.83. The second-order valence-corrected chi connectivity index (χ2v) is 8.18. The van der Waals surface area contributed by atoms with E-state index < -0.39 is 5.60 Å². The van der Waals surface area contributed by atoms with Gasteiger partial charge in [-0.15, -0.1) is 0 Å². The van der Waals surface area contributed by atoms with Crippen molar-refractivity contribution in [1.29, 1.82) is 0 Å². The highest BCUT2D eigenvalue weighted by molar-refractivity contribution is 5.77. The third-order valence-corrected chi connectivity index (χ3v) is 4.55. The van der Waals surface area contributed by atoms with Gasteiger partial charge in [0.15, 0.2) is 0 Å². The van der Waals surface area contributed by atoms with Gasteiger partial charge < -0.3 is 14.4 Å². The first-order chi connectivity index (χ1) is 10.8. The average molecular weight is 316 g/mol. The summed E-state index contributed by atoms with van der Waals surface area (Å²) in [4.78, 5) is 4.88. The summed E-state index contributed by atoms with van der Waals surface area (Å²) in [5, 5.41) is 11.0. The van der Waals surface area contributed by atoms with Crippen molar-refractivity contribution in [3.63, 3.8) is 0 Å². The topological polar surface area (TPSA) is 47.3 Å². The Bertz CT molecular complexity index is 691. The van der Waals surface area contributed by atoms with Crippen LogP contribution in [0.1, 0.15) is 45.0 Å². The molecule has 0 saturated carbocycles. The molecule has 4 heteroatoms. The lowest BCUT2D eigenvalue weighted by atomic mass is 9.91. The van der Waals surface area contributed by atoms with Gasteiger partial charge in [-0.05, 0) is 30.0 Å². The largest absolute Gasteiger partial charge is 0.388 e. The van der Waals surface area contributed by atoms with Gasteiger partial charge in [0.05, 0.1) is 23.2 Å². The first-order valence-corrected chi connectivity index (χ1v) is 8.52. The quantitative estimate of drug-likeness (QED) is 0.943. The van der Waals surface area contributed by atoms with Gasteiger partial charge in [0.2, 0.25) is 0 Å². The number of benzene rings is 1. The third kappa shape index (κ3) is 3.75. The molecular weight excluding hydrogens is 288 g/mol. The Morgan fingerprint density at radius 2 is 1.96 bits per heavy atom. The molecule has 1 aromatic carbocycles. The number of aromatic nitrogens is 2. The zero-order valence-electron chi connectivity index (χ0n) is 14.7. The Labute approximate surface area is 138 Å². The lowest BCUT2D eigenvalue weighted by molar-refractivity contribution is -0.0727. The Morgan fingerprint density at radius 3 is 2.61 bits per heavy atom. The Kier molecular flexibility index (Phi) is 4.23. The van der Waals surface area contributed by atoms with E-state index in [-0.39, 0.29) is 5.41 Å². The first-order valence-electron chi connectivity index (χ1n) is 8.52. The van der Waals surface area contributed by atoms with Gasteiger partial charge in [-0.2, -0.15) is 0 Å². The van der Waals surface area contributed by atoms with E-state index in [0.717, 1.165) is 23.3 Å². The van der Waals surface area contributed by atoms with E-state index in [1.54, 1.807) is 0 Å². The molecule has 126 valence electrons. The fourth-order valence-corrected chi connectivity index (χ4v) is 3.28. The highest BCUT2D eigenvalue weighted by Crippen LogP contribution is 2.29. The van der Waals surface area contributed by atoms with Crippen LogP contribution in [0, 0.1) is 12.3 Å². The average Bonchev–Trinajstić information content (AvgIpc) is 2.74. The van der Waals surface area contributed by atoms with Crippen LogP contribution in [0.15, 0.2) is 18.2 Å². The maximum Gasteiger partial charge on any atom is 0.110 e. The van der Waals surface area contributed by atoms with Crippen LogP contribution in [0.25, 0.3) is 11.0 Å². The van der Waals surface area contributed by atoms with Gasteiger partial charge in [-0.25, -0.2) is 4.98 Å². The van der Waals surface area contributed by atoms with E-state index in [0.29, 0.717) is 32.6 Å². The molecular formula is C19H28N2O2. The number of nitrogens with zero attached hydrogens (tertiary/aromatic N) is 2. The number of hydrogen-bond donors (Lipinski definition) is 1. The highest BCUT2D eigenvalue weighted by Gasteiger charge is 2.32. The maximum atomic E-state index is 11.0. The SMILES string of the molecule is Cc1ccc2c(c1)nc(CC(C)(C)C)n2CC1(O)CCOCC1. The fourth-order valence-electron chi connectivity index (χ4n) is 3.28. The fraction of sp³-hybridized carbons (Fsp3) is 0.632. The molecule has 3 rings (SSSR count). The highest BCUT2D eigenvalue weighted by atomic mass is 16.5. The number of imidazole rings is 1. The molecule has 23 heavy (non-hydrogen) atoms. The molecule has 0 radical (unpaired) electrons. The van der Waals surface area contributed by atoms with Crippen LogP contribution in [-0.4, -0.2) is 33.5 Å². The summed E-state index contributed by atoms with van der Waals surface area (Å²) in [6, 6.07) is 6.38. The maximum absolute atomic E-state index is 11.0. The lowest BCUT2D eigenvalue weighted by Gasteiger charge is -2.33. The van der Waals surface area contributed by atoms with Gasteiger partial charge in [-0.3, -0.25) is 0 Å². The van der Waals surface area contributed by atoms with Crippen LogP contribution in [0.2, 0.25) is 0 Å². The van der Waals surface area contributed by atoms with Gasteiger partial charge in [0.25, 0.3) is 0 Å². The van der Waals surface area contributed by atoms with Crippen LogP contribution in [0.5, 0.6) is 0 Å². The van der Waals surface area contributed by atoms with Gasteiger partial charge >= 0.3 is 0 Å². The number of aryl methyl sites for hydroxylation is 1. The van der Waals surface area contributed by atoms with Crippen molar-refractivity contribution in [3.8, 4) is 0 Å². The summed E-state index contributed by atoms with van der Waals surface area (Å²) in [6.45, 7) is 10.6. The van der Waals surface area contributed by atoms with E-state index >= 15 is 0 Å². The molecule has 1 aliphatic rings. The molecule has 4 nitrogen and oxygen atoms in total. The Hall–Kier alpha value is -1.39. The summed E-state index contributed by atoms with van der Waals surface area (Å²) in [5.74, 6) is 1.07. The van der Waals surface area contributed by atoms with Crippen LogP contribution < -0.4 is 0 Å². The lowest BCUT2D eigenvalue weighted by Crippen LogP contribution is -2.40. The van der Waals surface area contributed by atoms with E-state index in [9.17, 15) is 5.11 Å². The molecule has 0 amide bonds. The van der Waals surface area contributed by atoms with E-state index in [1.165, 1.54) is 5.56 Å². The predicted molar refractivity (Wildman–Crippen MR) is 92.6 cm³/mol. The number of aliphatic hydroxyl groups is 1. The molecule has 0 atom stereocenters. The summed E-state index contributed by atoms with van der Waals surface area (Å²) >= 11 is 0. The minimum Gasteiger partial charge on any atom is -0.388 e.